The lowest BCUT2D eigenvalue weighted by molar-refractivity contribution is -0.141. The topological polar surface area (TPSA) is 50.8 Å². The fourth-order valence-corrected chi connectivity index (χ4v) is 5.09. The summed E-state index contributed by atoms with van der Waals surface area (Å²) in [6.07, 6.45) is 5.65. The van der Waals surface area contributed by atoms with Gasteiger partial charge in [-0.2, -0.15) is 0 Å². The first-order valence-electron chi connectivity index (χ1n) is 12.6. The number of nitrogens with one attached hydrogen (secondary N) is 1. The van der Waals surface area contributed by atoms with Gasteiger partial charge in [0.15, 0.2) is 5.60 Å². The molecule has 0 radical (unpaired) electrons. The molecule has 2 heterocycles. The number of ether oxygens (including phenoxy) is 2. The minimum Gasteiger partial charge on any atom is -0.496 e. The molecule has 6 heteroatoms. The van der Waals surface area contributed by atoms with Crippen molar-refractivity contribution < 1.29 is 18.7 Å². The van der Waals surface area contributed by atoms with Crippen molar-refractivity contribution in [3.05, 3.63) is 53.8 Å². The third-order valence-corrected chi connectivity index (χ3v) is 7.25. The summed E-state index contributed by atoms with van der Waals surface area (Å²) in [5, 5.41) is 3.14. The van der Waals surface area contributed by atoms with Crippen LogP contribution in [0.3, 0.4) is 0 Å². The fourth-order valence-electron chi connectivity index (χ4n) is 5.09. The van der Waals surface area contributed by atoms with E-state index < -0.39 is 5.60 Å². The summed E-state index contributed by atoms with van der Waals surface area (Å²) in [6, 6.07) is 12.4. The van der Waals surface area contributed by atoms with Crippen LogP contribution in [0.2, 0.25) is 0 Å². The molecular weight excluding hydrogens is 431 g/mol. The zero-order valence-corrected chi connectivity index (χ0v) is 20.4. The molecule has 1 amide bonds. The number of carbonyl (C=O) groups is 1. The van der Waals surface area contributed by atoms with Crippen LogP contribution in [0.1, 0.15) is 44.6 Å². The second-order valence-electron chi connectivity index (χ2n) is 9.80. The molecule has 5 nitrogen and oxygen atoms in total. The normalized spacial score (nSPS) is 21.5. The highest BCUT2D eigenvalue weighted by Crippen LogP contribution is 2.33. The van der Waals surface area contributed by atoms with Gasteiger partial charge in [0.2, 0.25) is 0 Å². The Labute approximate surface area is 202 Å². The van der Waals surface area contributed by atoms with Gasteiger partial charge in [-0.3, -0.25) is 4.79 Å². The van der Waals surface area contributed by atoms with Crippen LogP contribution in [-0.4, -0.2) is 56.3 Å². The van der Waals surface area contributed by atoms with Gasteiger partial charge in [0.25, 0.3) is 5.91 Å². The van der Waals surface area contributed by atoms with Crippen LogP contribution in [0.4, 0.5) is 4.39 Å². The van der Waals surface area contributed by atoms with Crippen molar-refractivity contribution in [2.45, 2.75) is 51.0 Å². The molecule has 1 atom stereocenters. The number of methoxy groups -OCH3 is 1. The lowest BCUT2D eigenvalue weighted by atomic mass is 9.89. The van der Waals surface area contributed by atoms with Gasteiger partial charge < -0.3 is 19.7 Å². The van der Waals surface area contributed by atoms with Crippen molar-refractivity contribution in [1.29, 1.82) is 0 Å². The Kier molecular flexibility index (Phi) is 8.22. The largest absolute Gasteiger partial charge is 0.496 e. The highest BCUT2D eigenvalue weighted by atomic mass is 19.1. The van der Waals surface area contributed by atoms with E-state index in [1.165, 1.54) is 38.1 Å². The number of carbonyl (C=O) groups excluding carboxylic acids is 1. The number of halogens is 1. The molecule has 184 valence electrons. The predicted molar refractivity (Wildman–Crippen MR) is 132 cm³/mol. The average Bonchev–Trinajstić information content (AvgIpc) is 3.33. The van der Waals surface area contributed by atoms with Crippen LogP contribution >= 0.6 is 0 Å². The van der Waals surface area contributed by atoms with Gasteiger partial charge in [0.1, 0.15) is 11.6 Å². The van der Waals surface area contributed by atoms with Gasteiger partial charge in [-0.25, -0.2) is 4.39 Å². The van der Waals surface area contributed by atoms with E-state index in [4.69, 9.17) is 9.47 Å². The summed E-state index contributed by atoms with van der Waals surface area (Å²) in [5.74, 6) is 1.15. The maximum absolute atomic E-state index is 13.8. The zero-order chi connectivity index (χ0) is 24.0. The Morgan fingerprint density at radius 1 is 1.21 bits per heavy atom. The molecule has 0 aliphatic carbocycles. The zero-order valence-electron chi connectivity index (χ0n) is 20.4. The summed E-state index contributed by atoms with van der Waals surface area (Å²) in [7, 11) is 1.58. The molecule has 0 spiro atoms. The van der Waals surface area contributed by atoms with Gasteiger partial charge in [-0.05, 0) is 87.0 Å². The Morgan fingerprint density at radius 2 is 1.97 bits per heavy atom. The van der Waals surface area contributed by atoms with E-state index in [1.54, 1.807) is 13.2 Å². The lowest BCUT2D eigenvalue weighted by Gasteiger charge is -2.30. The number of amides is 1. The molecule has 0 aromatic heterocycles. The summed E-state index contributed by atoms with van der Waals surface area (Å²) < 4.78 is 25.2. The summed E-state index contributed by atoms with van der Waals surface area (Å²) in [6.45, 7) is 6.97. The highest BCUT2D eigenvalue weighted by molar-refractivity contribution is 5.86. The summed E-state index contributed by atoms with van der Waals surface area (Å²) in [5.41, 5.74) is 1.80. The van der Waals surface area contributed by atoms with Crippen molar-refractivity contribution in [2.24, 2.45) is 5.92 Å². The van der Waals surface area contributed by atoms with Gasteiger partial charge in [-0.1, -0.05) is 31.2 Å². The number of hydrogen-bond donors (Lipinski definition) is 1. The molecule has 34 heavy (non-hydrogen) atoms. The SMILES string of the molecule is COc1ccc(F)cc1-c1ccc(CC2(C(=O)NCCCN3CCC(C)CC3)CCCO2)cc1. The monoisotopic (exact) mass is 468 g/mol. The minimum absolute atomic E-state index is 0.00635. The molecule has 2 aromatic rings. The summed E-state index contributed by atoms with van der Waals surface area (Å²) >= 11 is 0. The van der Waals surface area contributed by atoms with E-state index >= 15 is 0 Å². The molecule has 0 saturated carbocycles. The molecule has 2 saturated heterocycles. The van der Waals surface area contributed by atoms with Crippen molar-refractivity contribution >= 4 is 5.91 Å². The first-order valence-corrected chi connectivity index (χ1v) is 12.6. The van der Waals surface area contributed by atoms with Crippen molar-refractivity contribution in [3.63, 3.8) is 0 Å². The van der Waals surface area contributed by atoms with E-state index in [-0.39, 0.29) is 11.7 Å². The first-order chi connectivity index (χ1) is 16.5. The molecule has 2 fully saturated rings. The Bertz CT molecular complexity index is 949. The number of hydrogen-bond acceptors (Lipinski definition) is 4. The third-order valence-electron chi connectivity index (χ3n) is 7.25. The molecule has 2 aliphatic rings. The molecular formula is C28H37FN2O3. The number of likely N-dealkylation sites (tertiary alicyclic amines) is 1. The van der Waals surface area contributed by atoms with E-state index in [2.05, 4.69) is 17.1 Å². The van der Waals surface area contributed by atoms with Gasteiger partial charge in [-0.15, -0.1) is 0 Å². The van der Waals surface area contributed by atoms with Crippen molar-refractivity contribution in [2.75, 3.05) is 39.9 Å². The van der Waals surface area contributed by atoms with Crippen LogP contribution in [0, 0.1) is 11.7 Å². The van der Waals surface area contributed by atoms with Gasteiger partial charge in [0.05, 0.1) is 7.11 Å². The molecule has 0 bridgehead atoms. The molecule has 2 aliphatic heterocycles. The van der Waals surface area contributed by atoms with E-state index in [0.717, 1.165) is 42.9 Å². The van der Waals surface area contributed by atoms with Crippen LogP contribution in [-0.2, 0) is 16.0 Å². The summed E-state index contributed by atoms with van der Waals surface area (Å²) in [4.78, 5) is 15.7. The van der Waals surface area contributed by atoms with Gasteiger partial charge in [0, 0.05) is 25.1 Å². The van der Waals surface area contributed by atoms with Crippen molar-refractivity contribution in [1.82, 2.24) is 10.2 Å². The Morgan fingerprint density at radius 3 is 2.65 bits per heavy atom. The standard InChI is InChI=1S/C28H37FN2O3/c1-21-11-16-31(17-12-21)15-4-14-30-27(32)28(13-3-18-34-28)20-22-5-7-23(8-6-22)25-19-24(29)9-10-26(25)33-2/h5-10,19,21H,3-4,11-18,20H2,1-2H3,(H,30,32). The minimum atomic E-state index is -0.807. The van der Waals surface area contributed by atoms with Crippen LogP contribution < -0.4 is 10.1 Å². The third kappa shape index (κ3) is 5.97. The number of rotatable bonds is 9. The van der Waals surface area contributed by atoms with Crippen molar-refractivity contribution in [3.8, 4) is 16.9 Å². The predicted octanol–water partition coefficient (Wildman–Crippen LogP) is 4.83. The first kappa shape index (κ1) is 24.7. The average molecular weight is 469 g/mol. The molecule has 2 aromatic carbocycles. The lowest BCUT2D eigenvalue weighted by Crippen LogP contribution is -2.48. The Hall–Kier alpha value is -2.44. The van der Waals surface area contributed by atoms with Gasteiger partial charge >= 0.3 is 0 Å². The quantitative estimate of drug-likeness (QED) is 0.536. The smallest absolute Gasteiger partial charge is 0.252 e. The maximum atomic E-state index is 13.8. The Balaban J connectivity index is 1.35. The highest BCUT2D eigenvalue weighted by Gasteiger charge is 2.42. The molecule has 1 unspecified atom stereocenters. The molecule has 1 N–H and O–H groups in total. The number of piperidine rings is 1. The van der Waals surface area contributed by atoms with E-state index in [0.29, 0.717) is 30.9 Å². The van der Waals surface area contributed by atoms with Crippen LogP contribution in [0.25, 0.3) is 11.1 Å². The number of benzene rings is 2. The van der Waals surface area contributed by atoms with E-state index in [1.807, 2.05) is 24.3 Å². The van der Waals surface area contributed by atoms with E-state index in [9.17, 15) is 9.18 Å². The van der Waals surface area contributed by atoms with Crippen LogP contribution in [0.15, 0.2) is 42.5 Å². The molecule has 4 rings (SSSR count). The number of nitrogens with zero attached hydrogens (tertiary/aromatic N) is 1. The second kappa shape index (κ2) is 11.3. The fraction of sp³-hybridized carbons (Fsp3) is 0.536. The maximum Gasteiger partial charge on any atom is 0.252 e. The van der Waals surface area contributed by atoms with Crippen LogP contribution in [0.5, 0.6) is 5.75 Å². The second-order valence-corrected chi connectivity index (χ2v) is 9.80.